The zero-order valence-corrected chi connectivity index (χ0v) is 12.0. The molecule has 0 aliphatic heterocycles. The molecule has 1 saturated carbocycles. The molecular weight excluding hydrogens is 196 g/mol. The van der Waals surface area contributed by atoms with E-state index in [9.17, 15) is 0 Å². The van der Waals surface area contributed by atoms with Gasteiger partial charge in [-0.15, -0.1) is 0 Å². The van der Waals surface area contributed by atoms with Gasteiger partial charge in [-0.25, -0.2) is 0 Å². The van der Waals surface area contributed by atoms with E-state index >= 15 is 0 Å². The Hall–Kier alpha value is -0.0800. The Balaban J connectivity index is 0.000000293. The third-order valence-corrected chi connectivity index (χ3v) is 2.76. The molecule has 0 aromatic heterocycles. The maximum atomic E-state index is 3.48. The minimum Gasteiger partial charge on any atom is -0.314 e. The van der Waals surface area contributed by atoms with Crippen LogP contribution >= 0.6 is 0 Å². The molecule has 1 aliphatic rings. The summed E-state index contributed by atoms with van der Waals surface area (Å²) in [5.74, 6) is 0. The molecule has 0 spiro atoms. The number of rotatable bonds is 4. The zero-order valence-electron chi connectivity index (χ0n) is 12.0. The van der Waals surface area contributed by atoms with Gasteiger partial charge in [-0.1, -0.05) is 53.9 Å². The van der Waals surface area contributed by atoms with Crippen molar-refractivity contribution in [3.63, 3.8) is 0 Å². The molecule has 2 heteroatoms. The second-order valence-electron chi connectivity index (χ2n) is 5.37. The third-order valence-electron chi connectivity index (χ3n) is 2.76. The average Bonchev–Trinajstić information content (AvgIpc) is 2.18. The summed E-state index contributed by atoms with van der Waals surface area (Å²) in [4.78, 5) is 0. The number of nitrogens with one attached hydrogen (secondary N) is 2. The molecule has 0 heterocycles. The van der Waals surface area contributed by atoms with Crippen LogP contribution in [0.25, 0.3) is 0 Å². The second-order valence-corrected chi connectivity index (χ2v) is 5.37. The quantitative estimate of drug-likeness (QED) is 0.771. The summed E-state index contributed by atoms with van der Waals surface area (Å²) in [5.41, 5.74) is 0. The molecule has 0 atom stereocenters. The van der Waals surface area contributed by atoms with E-state index in [2.05, 4.69) is 45.3 Å². The van der Waals surface area contributed by atoms with Crippen LogP contribution in [0.3, 0.4) is 0 Å². The van der Waals surface area contributed by atoms with E-state index < -0.39 is 0 Å². The first kappa shape index (κ1) is 15.9. The van der Waals surface area contributed by atoms with Crippen LogP contribution in [0.2, 0.25) is 0 Å². The lowest BCUT2D eigenvalue weighted by Gasteiger charge is -2.21. The minimum absolute atomic E-state index is 0.625. The van der Waals surface area contributed by atoms with Crippen molar-refractivity contribution in [1.29, 1.82) is 0 Å². The van der Waals surface area contributed by atoms with E-state index in [1.165, 1.54) is 32.1 Å². The predicted molar refractivity (Wildman–Crippen MR) is 74.0 cm³/mol. The van der Waals surface area contributed by atoms with Crippen molar-refractivity contribution in [3.05, 3.63) is 0 Å². The molecule has 0 unspecified atom stereocenters. The molecule has 2 nitrogen and oxygen atoms in total. The summed E-state index contributed by atoms with van der Waals surface area (Å²) >= 11 is 0. The average molecular weight is 228 g/mol. The van der Waals surface area contributed by atoms with Crippen LogP contribution in [0.4, 0.5) is 0 Å². The van der Waals surface area contributed by atoms with E-state index in [-0.39, 0.29) is 0 Å². The Morgan fingerprint density at radius 2 is 1.44 bits per heavy atom. The van der Waals surface area contributed by atoms with E-state index in [1.807, 2.05) is 0 Å². The molecule has 1 aliphatic carbocycles. The summed E-state index contributed by atoms with van der Waals surface area (Å²) in [6, 6.07) is 2.10. The molecule has 1 rings (SSSR count). The highest BCUT2D eigenvalue weighted by atomic mass is 14.9. The van der Waals surface area contributed by atoms with Crippen molar-refractivity contribution in [2.75, 3.05) is 6.54 Å². The topological polar surface area (TPSA) is 24.1 Å². The van der Waals surface area contributed by atoms with Gasteiger partial charge in [-0.2, -0.15) is 0 Å². The standard InChI is InChI=1S/C8H17N.C6H15N/c1-2-9-8-6-4-3-5-7-8;1-5(2)7-6(3)4/h8-9H,2-7H2,1H3;5-7H,1-4H3. The summed E-state index contributed by atoms with van der Waals surface area (Å²) in [6.45, 7) is 11.9. The number of hydrogen-bond acceptors (Lipinski definition) is 2. The molecule has 0 amide bonds. The first-order chi connectivity index (χ1) is 7.56. The van der Waals surface area contributed by atoms with E-state index in [0.29, 0.717) is 12.1 Å². The van der Waals surface area contributed by atoms with Crippen molar-refractivity contribution in [2.24, 2.45) is 0 Å². The van der Waals surface area contributed by atoms with Crippen LogP contribution < -0.4 is 10.6 Å². The van der Waals surface area contributed by atoms with Crippen LogP contribution in [0.15, 0.2) is 0 Å². The molecule has 0 saturated heterocycles. The van der Waals surface area contributed by atoms with Crippen molar-refractivity contribution < 1.29 is 0 Å². The maximum absolute atomic E-state index is 3.48. The second kappa shape index (κ2) is 10.1. The Labute approximate surface area is 103 Å². The van der Waals surface area contributed by atoms with Crippen molar-refractivity contribution in [1.82, 2.24) is 10.6 Å². The molecule has 2 N–H and O–H groups in total. The highest BCUT2D eigenvalue weighted by molar-refractivity contribution is 4.70. The largest absolute Gasteiger partial charge is 0.314 e. The molecule has 16 heavy (non-hydrogen) atoms. The highest BCUT2D eigenvalue weighted by Gasteiger charge is 2.10. The first-order valence-electron chi connectivity index (χ1n) is 7.05. The fourth-order valence-electron chi connectivity index (χ4n) is 2.26. The van der Waals surface area contributed by atoms with Gasteiger partial charge in [0.1, 0.15) is 0 Å². The molecular formula is C14H32N2. The summed E-state index contributed by atoms with van der Waals surface area (Å²) in [5, 5.41) is 6.79. The SMILES string of the molecule is CC(C)NC(C)C.CCNC1CCCCC1. The van der Waals surface area contributed by atoms with Gasteiger partial charge in [0.05, 0.1) is 0 Å². The van der Waals surface area contributed by atoms with Gasteiger partial charge >= 0.3 is 0 Å². The zero-order chi connectivity index (χ0) is 12.4. The van der Waals surface area contributed by atoms with Gasteiger partial charge in [0, 0.05) is 18.1 Å². The Morgan fingerprint density at radius 3 is 1.75 bits per heavy atom. The van der Waals surface area contributed by atoms with Crippen LogP contribution in [-0.2, 0) is 0 Å². The van der Waals surface area contributed by atoms with Gasteiger partial charge in [0.2, 0.25) is 0 Å². The Bertz CT molecular complexity index is 129. The smallest absolute Gasteiger partial charge is 0.00669 e. The third kappa shape index (κ3) is 10.4. The summed E-state index contributed by atoms with van der Waals surface area (Å²) in [7, 11) is 0. The molecule has 1 fully saturated rings. The van der Waals surface area contributed by atoms with Crippen LogP contribution in [-0.4, -0.2) is 24.7 Å². The Morgan fingerprint density at radius 1 is 0.938 bits per heavy atom. The lowest BCUT2D eigenvalue weighted by molar-refractivity contribution is 0.380. The normalized spacial score (nSPS) is 17.4. The molecule has 0 radical (unpaired) electrons. The molecule has 0 bridgehead atoms. The van der Waals surface area contributed by atoms with E-state index in [1.54, 1.807) is 0 Å². The van der Waals surface area contributed by atoms with Gasteiger partial charge < -0.3 is 10.6 Å². The van der Waals surface area contributed by atoms with Crippen molar-refractivity contribution in [3.8, 4) is 0 Å². The van der Waals surface area contributed by atoms with E-state index in [4.69, 9.17) is 0 Å². The summed E-state index contributed by atoms with van der Waals surface area (Å²) < 4.78 is 0. The van der Waals surface area contributed by atoms with Crippen molar-refractivity contribution >= 4 is 0 Å². The van der Waals surface area contributed by atoms with Gasteiger partial charge in [-0.05, 0) is 19.4 Å². The summed E-state index contributed by atoms with van der Waals surface area (Å²) in [6.07, 6.45) is 7.17. The lowest BCUT2D eigenvalue weighted by Crippen LogP contribution is -2.30. The van der Waals surface area contributed by atoms with Gasteiger partial charge in [0.25, 0.3) is 0 Å². The minimum atomic E-state index is 0.625. The van der Waals surface area contributed by atoms with Crippen LogP contribution in [0.1, 0.15) is 66.7 Å². The highest BCUT2D eigenvalue weighted by Crippen LogP contribution is 2.16. The van der Waals surface area contributed by atoms with Crippen LogP contribution in [0, 0.1) is 0 Å². The molecule has 98 valence electrons. The van der Waals surface area contributed by atoms with Gasteiger partial charge in [-0.3, -0.25) is 0 Å². The van der Waals surface area contributed by atoms with Crippen molar-refractivity contribution in [2.45, 2.75) is 84.8 Å². The monoisotopic (exact) mass is 228 g/mol. The first-order valence-corrected chi connectivity index (χ1v) is 7.05. The Kier molecular flexibility index (Phi) is 10.0. The molecule has 0 aromatic rings. The lowest BCUT2D eigenvalue weighted by atomic mass is 9.96. The maximum Gasteiger partial charge on any atom is 0.00669 e. The van der Waals surface area contributed by atoms with Crippen LogP contribution in [0.5, 0.6) is 0 Å². The fourth-order valence-corrected chi connectivity index (χ4v) is 2.26. The van der Waals surface area contributed by atoms with E-state index in [0.717, 1.165) is 12.6 Å². The van der Waals surface area contributed by atoms with Gasteiger partial charge in [0.15, 0.2) is 0 Å². The predicted octanol–water partition coefficient (Wildman–Crippen LogP) is 3.32. The molecule has 0 aromatic carbocycles. The fraction of sp³-hybridized carbons (Fsp3) is 1.00. The number of hydrogen-bond donors (Lipinski definition) is 2.